The van der Waals surface area contributed by atoms with Gasteiger partial charge in [-0.2, -0.15) is 0 Å². The van der Waals surface area contributed by atoms with Crippen LogP contribution in [0, 0.1) is 0 Å². The molecule has 20 nitrogen and oxygen atoms in total. The second-order valence-corrected chi connectivity index (χ2v) is 10.8. The summed E-state index contributed by atoms with van der Waals surface area (Å²) in [5, 5.41) is 70.5. The summed E-state index contributed by atoms with van der Waals surface area (Å²) in [7, 11) is 0. The number of ether oxygens (including phenoxy) is 2. The Morgan fingerprint density at radius 1 is 0.891 bits per heavy atom. The Hall–Kier alpha value is -4.70. The van der Waals surface area contributed by atoms with Gasteiger partial charge in [-0.05, 0) is 12.1 Å². The summed E-state index contributed by atoms with van der Waals surface area (Å²) in [6.07, 6.45) is -6.05. The molecule has 0 saturated carbocycles. The zero-order chi connectivity index (χ0) is 32.7. The summed E-state index contributed by atoms with van der Waals surface area (Å²) in [5.41, 5.74) is -0.0125. The van der Waals surface area contributed by atoms with Crippen LogP contribution in [0.3, 0.4) is 0 Å². The van der Waals surface area contributed by atoms with Crippen molar-refractivity contribution >= 4 is 5.91 Å². The average Bonchev–Trinajstić information content (AvgIpc) is 3.77. The number of aromatic nitrogens is 9. The van der Waals surface area contributed by atoms with Crippen LogP contribution in [0.15, 0.2) is 52.4 Å². The van der Waals surface area contributed by atoms with Gasteiger partial charge in [0.2, 0.25) is 5.91 Å². The zero-order valence-electron chi connectivity index (χ0n) is 24.0. The number of carbonyl (C=O) groups is 1. The lowest BCUT2D eigenvalue weighted by Gasteiger charge is -2.42. The van der Waals surface area contributed by atoms with Crippen LogP contribution in [0.4, 0.5) is 0 Å². The highest BCUT2D eigenvalue weighted by atomic mass is 16.6. The second kappa shape index (κ2) is 12.6. The fourth-order valence-electron chi connectivity index (χ4n) is 5.38. The van der Waals surface area contributed by atoms with Gasteiger partial charge in [-0.1, -0.05) is 16.5 Å². The van der Waals surface area contributed by atoms with Crippen LogP contribution in [-0.4, -0.2) is 125 Å². The average molecular weight is 643 g/mol. The number of hydrogen-bond acceptors (Lipinski definition) is 15. The lowest BCUT2D eigenvalue weighted by molar-refractivity contribution is -0.219. The topological polar surface area (TPSA) is 278 Å². The maximum Gasteiger partial charge on any atom is 0.330 e. The van der Waals surface area contributed by atoms with Crippen molar-refractivity contribution in [2.75, 3.05) is 6.61 Å². The van der Waals surface area contributed by atoms with E-state index in [1.807, 2.05) is 0 Å². The molecular formula is C26H30N10O10. The van der Waals surface area contributed by atoms with E-state index < -0.39 is 78.9 Å². The van der Waals surface area contributed by atoms with Gasteiger partial charge in [-0.15, -0.1) is 10.2 Å². The van der Waals surface area contributed by atoms with Crippen molar-refractivity contribution in [3.8, 4) is 22.8 Å². The van der Waals surface area contributed by atoms with Gasteiger partial charge >= 0.3 is 5.69 Å². The van der Waals surface area contributed by atoms with Crippen LogP contribution >= 0.6 is 0 Å². The number of carbonyl (C=O) groups excluding carboxylic acids is 1. The minimum Gasteiger partial charge on any atom is -0.394 e. The summed E-state index contributed by atoms with van der Waals surface area (Å²) in [6, 6.07) is 5.02. The third-order valence-corrected chi connectivity index (χ3v) is 7.68. The minimum atomic E-state index is -1.46. The smallest absolute Gasteiger partial charge is 0.330 e. The van der Waals surface area contributed by atoms with Gasteiger partial charge < -0.3 is 40.3 Å². The summed E-state index contributed by atoms with van der Waals surface area (Å²) >= 11 is 0. The molecule has 46 heavy (non-hydrogen) atoms. The van der Waals surface area contributed by atoms with Gasteiger partial charge in [-0.25, -0.2) is 19.1 Å². The standard InChI is InChI=1S/C26H30N10O10/c1-11(38)27-19-22(42)21(41)17(10-37)46-24(19)36-8-15(31-33-36)13-4-2-3-12(28-13)14-7-34(32-30-14)9-16-20(40)23(43)25(45-16)35-6-5-18(39)29-26(35)44/h2-8,16-17,19-25,37,40-43H,9-10H2,1H3,(H,27,38)(H,29,39,44)/t16-,17-,19-,20-,21-,22-,23-,24-,25-/m1/s1. The highest BCUT2D eigenvalue weighted by molar-refractivity contribution is 5.73. The number of aliphatic hydroxyl groups excluding tert-OH is 5. The monoisotopic (exact) mass is 642 g/mol. The molecule has 0 aliphatic carbocycles. The van der Waals surface area contributed by atoms with Gasteiger partial charge in [0.15, 0.2) is 12.5 Å². The van der Waals surface area contributed by atoms with Crippen LogP contribution in [0.5, 0.6) is 0 Å². The van der Waals surface area contributed by atoms with Crippen molar-refractivity contribution in [3.05, 3.63) is 63.7 Å². The number of nitrogens with zero attached hydrogens (tertiary/aromatic N) is 8. The van der Waals surface area contributed by atoms with Crippen LogP contribution in [-0.2, 0) is 20.8 Å². The SMILES string of the molecule is CC(=O)N[C@@H]1[C@@H](O)[C@H](O)[C@@H](CO)O[C@H]1n1cc(-c2cccc(-c3cn(C[C@H]4O[C@@H](n5ccc(=O)[nH]c5=O)[C@H](O)[C@@H]4O)nn3)n2)nn1. The molecule has 244 valence electrons. The van der Waals surface area contributed by atoms with Crippen molar-refractivity contribution in [1.82, 2.24) is 49.8 Å². The number of pyridine rings is 1. The lowest BCUT2D eigenvalue weighted by atomic mass is 9.96. The third-order valence-electron chi connectivity index (χ3n) is 7.68. The van der Waals surface area contributed by atoms with Crippen molar-refractivity contribution in [1.29, 1.82) is 0 Å². The molecule has 2 aliphatic rings. The number of amides is 1. The molecule has 0 radical (unpaired) electrons. The number of aromatic amines is 1. The van der Waals surface area contributed by atoms with E-state index in [9.17, 15) is 39.9 Å². The van der Waals surface area contributed by atoms with Crippen molar-refractivity contribution in [2.45, 2.75) is 68.6 Å². The quantitative estimate of drug-likeness (QED) is 0.0961. The van der Waals surface area contributed by atoms with Crippen molar-refractivity contribution in [3.63, 3.8) is 0 Å². The van der Waals surface area contributed by atoms with E-state index in [1.54, 1.807) is 24.4 Å². The van der Waals surface area contributed by atoms with E-state index in [1.165, 1.54) is 22.5 Å². The molecule has 4 aromatic rings. The van der Waals surface area contributed by atoms with E-state index in [2.05, 4.69) is 35.9 Å². The summed E-state index contributed by atoms with van der Waals surface area (Å²) < 4.78 is 15.1. The predicted molar refractivity (Wildman–Crippen MR) is 150 cm³/mol. The molecule has 0 bridgehead atoms. The lowest BCUT2D eigenvalue weighted by Crippen LogP contribution is -2.62. The number of H-pyrrole nitrogens is 1. The Labute approximate surface area is 257 Å². The molecule has 4 aromatic heterocycles. The van der Waals surface area contributed by atoms with Crippen LogP contribution in [0.25, 0.3) is 22.8 Å². The molecule has 0 spiro atoms. The first kappa shape index (κ1) is 31.3. The number of nitrogens with one attached hydrogen (secondary N) is 2. The first-order chi connectivity index (χ1) is 22.0. The van der Waals surface area contributed by atoms with Crippen molar-refractivity contribution in [2.24, 2.45) is 0 Å². The van der Waals surface area contributed by atoms with Gasteiger partial charge in [-0.3, -0.25) is 19.1 Å². The Morgan fingerprint density at radius 2 is 1.57 bits per heavy atom. The Bertz CT molecular complexity index is 1820. The van der Waals surface area contributed by atoms with Crippen molar-refractivity contribution < 1.29 is 39.8 Å². The molecule has 2 saturated heterocycles. The Balaban J connectivity index is 1.18. The van der Waals surface area contributed by atoms with Gasteiger partial charge in [0.25, 0.3) is 5.56 Å². The molecule has 6 rings (SSSR count). The van der Waals surface area contributed by atoms with Crippen LogP contribution in [0.1, 0.15) is 19.4 Å². The molecule has 2 aliphatic heterocycles. The van der Waals surface area contributed by atoms with E-state index in [-0.39, 0.29) is 6.54 Å². The van der Waals surface area contributed by atoms with E-state index in [0.717, 1.165) is 16.8 Å². The van der Waals surface area contributed by atoms with E-state index in [4.69, 9.17) is 9.47 Å². The first-order valence-electron chi connectivity index (χ1n) is 14.1. The third kappa shape index (κ3) is 5.97. The largest absolute Gasteiger partial charge is 0.394 e. The number of aliphatic hydroxyl groups is 5. The first-order valence-corrected chi connectivity index (χ1v) is 14.1. The highest BCUT2D eigenvalue weighted by Crippen LogP contribution is 2.31. The molecule has 6 heterocycles. The molecule has 0 unspecified atom stereocenters. The number of hydrogen-bond donors (Lipinski definition) is 7. The minimum absolute atomic E-state index is 0.0416. The van der Waals surface area contributed by atoms with E-state index in [0.29, 0.717) is 22.8 Å². The zero-order valence-corrected chi connectivity index (χ0v) is 24.0. The fraction of sp³-hybridized carbons (Fsp3) is 0.462. The molecule has 1 amide bonds. The summed E-state index contributed by atoms with van der Waals surface area (Å²) in [4.78, 5) is 42.0. The molecule has 20 heteroatoms. The molecule has 9 atom stereocenters. The molecule has 2 fully saturated rings. The Morgan fingerprint density at radius 3 is 2.26 bits per heavy atom. The molecule has 0 aromatic carbocycles. The fourth-order valence-corrected chi connectivity index (χ4v) is 5.38. The van der Waals surface area contributed by atoms with Crippen LogP contribution in [0.2, 0.25) is 0 Å². The normalized spacial score (nSPS) is 29.6. The predicted octanol–water partition coefficient (Wildman–Crippen LogP) is -4.12. The van der Waals surface area contributed by atoms with Gasteiger partial charge in [0, 0.05) is 19.2 Å². The highest BCUT2D eigenvalue weighted by Gasteiger charge is 2.46. The molecular weight excluding hydrogens is 612 g/mol. The summed E-state index contributed by atoms with van der Waals surface area (Å²) in [5.74, 6) is -0.482. The van der Waals surface area contributed by atoms with E-state index >= 15 is 0 Å². The maximum atomic E-state index is 12.2. The van der Waals surface area contributed by atoms with Gasteiger partial charge in [0.05, 0.1) is 36.9 Å². The maximum absolute atomic E-state index is 12.2. The molecule has 7 N–H and O–H groups in total. The van der Waals surface area contributed by atoms with Crippen LogP contribution < -0.4 is 16.6 Å². The second-order valence-electron chi connectivity index (χ2n) is 10.8. The number of rotatable bonds is 8. The summed E-state index contributed by atoms with van der Waals surface area (Å²) in [6.45, 7) is 0.614. The van der Waals surface area contributed by atoms with Gasteiger partial charge in [0.1, 0.15) is 54.1 Å². The Kier molecular flexibility index (Phi) is 8.57.